The zero-order chi connectivity index (χ0) is 15.4. The molecule has 3 nitrogen and oxygen atoms in total. The highest BCUT2D eigenvalue weighted by Gasteiger charge is 2.23. The number of piperidine rings is 1. The Hall–Kier alpha value is -1.11. The molecule has 1 saturated heterocycles. The zero-order valence-electron chi connectivity index (χ0n) is 12.2. The van der Waals surface area contributed by atoms with Crippen LogP contribution in [-0.4, -0.2) is 54.2 Å². The van der Waals surface area contributed by atoms with E-state index in [1.807, 2.05) is 4.90 Å². The molecule has 0 spiro atoms. The van der Waals surface area contributed by atoms with Gasteiger partial charge in [-0.25, -0.2) is 13.2 Å². The molecule has 1 aromatic rings. The summed E-state index contributed by atoms with van der Waals surface area (Å²) in [6, 6.07) is 2.32. The molecule has 0 bridgehead atoms. The number of rotatable bonds is 5. The lowest BCUT2D eigenvalue weighted by atomic mass is 10.0. The fraction of sp³-hybridized carbons (Fsp3) is 0.600. The van der Waals surface area contributed by atoms with Crippen LogP contribution in [0.1, 0.15) is 18.4 Å². The number of hydrogen-bond donors (Lipinski definition) is 1. The highest BCUT2D eigenvalue weighted by Crippen LogP contribution is 2.20. The smallest absolute Gasteiger partial charge is 0.194 e. The first-order chi connectivity index (χ1) is 10.0. The predicted octanol–water partition coefficient (Wildman–Crippen LogP) is 1.99. The minimum Gasteiger partial charge on any atom is -0.395 e. The molecule has 1 N–H and O–H groups in total. The molecule has 0 unspecified atom stereocenters. The van der Waals surface area contributed by atoms with E-state index in [0.29, 0.717) is 18.7 Å². The van der Waals surface area contributed by atoms with Crippen molar-refractivity contribution in [2.45, 2.75) is 25.4 Å². The summed E-state index contributed by atoms with van der Waals surface area (Å²) in [7, 11) is 2.05. The van der Waals surface area contributed by atoms with Gasteiger partial charge < -0.3 is 10.0 Å². The number of nitrogens with zero attached hydrogens (tertiary/aromatic N) is 2. The van der Waals surface area contributed by atoms with Crippen molar-refractivity contribution in [1.29, 1.82) is 0 Å². The van der Waals surface area contributed by atoms with E-state index in [2.05, 4.69) is 11.9 Å². The van der Waals surface area contributed by atoms with Gasteiger partial charge in [0.25, 0.3) is 0 Å². The van der Waals surface area contributed by atoms with E-state index in [0.717, 1.165) is 38.1 Å². The third kappa shape index (κ3) is 4.18. The Balaban J connectivity index is 2.09. The molecule has 0 radical (unpaired) electrons. The second kappa shape index (κ2) is 7.24. The van der Waals surface area contributed by atoms with Gasteiger partial charge in [0.05, 0.1) is 6.61 Å². The SMILES string of the molecule is CN1CCC(N(CCO)Cc2cc(F)c(F)c(F)c2)CC1. The summed E-state index contributed by atoms with van der Waals surface area (Å²) in [4.78, 5) is 4.24. The van der Waals surface area contributed by atoms with Gasteiger partial charge in [-0.3, -0.25) is 4.90 Å². The topological polar surface area (TPSA) is 26.7 Å². The van der Waals surface area contributed by atoms with Gasteiger partial charge >= 0.3 is 0 Å². The first-order valence-corrected chi connectivity index (χ1v) is 7.18. The minimum atomic E-state index is -1.44. The molecule has 2 rings (SSSR count). The van der Waals surface area contributed by atoms with Crippen molar-refractivity contribution in [3.8, 4) is 0 Å². The molecular formula is C15H21F3N2O. The van der Waals surface area contributed by atoms with Crippen molar-refractivity contribution in [2.75, 3.05) is 33.3 Å². The summed E-state index contributed by atoms with van der Waals surface area (Å²) in [6.07, 6.45) is 1.89. The van der Waals surface area contributed by atoms with Gasteiger partial charge in [-0.1, -0.05) is 0 Å². The van der Waals surface area contributed by atoms with E-state index in [4.69, 9.17) is 0 Å². The van der Waals surface area contributed by atoms with Crippen LogP contribution < -0.4 is 0 Å². The number of aliphatic hydroxyl groups is 1. The van der Waals surface area contributed by atoms with Gasteiger partial charge in [0.1, 0.15) is 0 Å². The first kappa shape index (κ1) is 16.3. The summed E-state index contributed by atoms with van der Waals surface area (Å²) in [5, 5.41) is 9.19. The van der Waals surface area contributed by atoms with Gasteiger partial charge in [-0.15, -0.1) is 0 Å². The van der Waals surface area contributed by atoms with Crippen LogP contribution in [0.5, 0.6) is 0 Å². The van der Waals surface area contributed by atoms with Crippen LogP contribution in [0.15, 0.2) is 12.1 Å². The summed E-state index contributed by atoms with van der Waals surface area (Å²) < 4.78 is 39.5. The highest BCUT2D eigenvalue weighted by molar-refractivity contribution is 5.19. The molecule has 0 saturated carbocycles. The predicted molar refractivity (Wildman–Crippen MR) is 74.3 cm³/mol. The summed E-state index contributed by atoms with van der Waals surface area (Å²) in [5.74, 6) is -3.78. The maximum absolute atomic E-state index is 13.3. The Morgan fingerprint density at radius 1 is 1.19 bits per heavy atom. The van der Waals surface area contributed by atoms with Crippen LogP contribution in [0.2, 0.25) is 0 Å². The fourth-order valence-corrected chi connectivity index (χ4v) is 2.81. The first-order valence-electron chi connectivity index (χ1n) is 7.18. The van der Waals surface area contributed by atoms with Crippen molar-refractivity contribution >= 4 is 0 Å². The number of halogens is 3. The summed E-state index contributed by atoms with van der Waals surface area (Å²) in [5.41, 5.74) is 0.388. The van der Waals surface area contributed by atoms with Crippen molar-refractivity contribution in [3.63, 3.8) is 0 Å². The molecule has 1 heterocycles. The van der Waals surface area contributed by atoms with Crippen molar-refractivity contribution in [3.05, 3.63) is 35.1 Å². The van der Waals surface area contributed by atoms with Gasteiger partial charge in [-0.05, 0) is 50.7 Å². The van der Waals surface area contributed by atoms with Gasteiger partial charge in [-0.2, -0.15) is 0 Å². The molecule has 6 heteroatoms. The molecule has 1 aliphatic heterocycles. The minimum absolute atomic E-state index is 0.0154. The van der Waals surface area contributed by atoms with E-state index >= 15 is 0 Å². The van der Waals surface area contributed by atoms with Gasteiger partial charge in [0.15, 0.2) is 17.5 Å². The lowest BCUT2D eigenvalue weighted by Gasteiger charge is -2.37. The Morgan fingerprint density at radius 3 is 2.29 bits per heavy atom. The Kier molecular flexibility index (Phi) is 5.61. The molecular weight excluding hydrogens is 281 g/mol. The molecule has 0 aliphatic carbocycles. The second-order valence-corrected chi connectivity index (χ2v) is 5.60. The van der Waals surface area contributed by atoms with Crippen molar-refractivity contribution in [2.24, 2.45) is 0 Å². The van der Waals surface area contributed by atoms with Crippen LogP contribution in [0, 0.1) is 17.5 Å². The van der Waals surface area contributed by atoms with E-state index in [9.17, 15) is 18.3 Å². The van der Waals surface area contributed by atoms with Crippen LogP contribution >= 0.6 is 0 Å². The Labute approximate surface area is 123 Å². The molecule has 0 amide bonds. The highest BCUT2D eigenvalue weighted by atomic mass is 19.2. The third-order valence-electron chi connectivity index (χ3n) is 4.02. The van der Waals surface area contributed by atoms with E-state index in [1.54, 1.807) is 0 Å². The van der Waals surface area contributed by atoms with E-state index in [-0.39, 0.29) is 12.6 Å². The van der Waals surface area contributed by atoms with E-state index in [1.165, 1.54) is 0 Å². The fourth-order valence-electron chi connectivity index (χ4n) is 2.81. The van der Waals surface area contributed by atoms with Crippen molar-refractivity contribution < 1.29 is 18.3 Å². The Morgan fingerprint density at radius 2 is 1.76 bits per heavy atom. The molecule has 118 valence electrons. The van der Waals surface area contributed by atoms with Crippen LogP contribution in [0.4, 0.5) is 13.2 Å². The lowest BCUT2D eigenvalue weighted by molar-refractivity contribution is 0.0939. The zero-order valence-corrected chi connectivity index (χ0v) is 12.2. The lowest BCUT2D eigenvalue weighted by Crippen LogP contribution is -2.44. The molecule has 1 fully saturated rings. The number of aliphatic hydroxyl groups excluding tert-OH is 1. The molecule has 1 aromatic carbocycles. The number of hydrogen-bond acceptors (Lipinski definition) is 3. The maximum Gasteiger partial charge on any atom is 0.194 e. The average Bonchev–Trinajstić information content (AvgIpc) is 2.45. The van der Waals surface area contributed by atoms with Crippen molar-refractivity contribution in [1.82, 2.24) is 9.80 Å². The quantitative estimate of drug-likeness (QED) is 0.843. The van der Waals surface area contributed by atoms with Crippen LogP contribution in [-0.2, 0) is 6.54 Å². The molecule has 0 atom stereocenters. The van der Waals surface area contributed by atoms with E-state index < -0.39 is 17.5 Å². The second-order valence-electron chi connectivity index (χ2n) is 5.60. The maximum atomic E-state index is 13.3. The van der Waals surface area contributed by atoms with Crippen LogP contribution in [0.3, 0.4) is 0 Å². The average molecular weight is 302 g/mol. The van der Waals surface area contributed by atoms with Crippen LogP contribution in [0.25, 0.3) is 0 Å². The third-order valence-corrected chi connectivity index (χ3v) is 4.02. The standard InChI is InChI=1S/C15H21F3N2O/c1-19-4-2-12(3-5-19)20(6-7-21)10-11-8-13(16)15(18)14(17)9-11/h8-9,12,21H,2-7,10H2,1H3. The number of likely N-dealkylation sites (tertiary alicyclic amines) is 1. The summed E-state index contributed by atoms with van der Waals surface area (Å²) in [6.45, 7) is 2.65. The Bertz CT molecular complexity index is 453. The van der Waals surface area contributed by atoms with Gasteiger partial charge in [0, 0.05) is 19.1 Å². The molecule has 0 aromatic heterocycles. The monoisotopic (exact) mass is 302 g/mol. The largest absolute Gasteiger partial charge is 0.395 e. The summed E-state index contributed by atoms with van der Waals surface area (Å²) >= 11 is 0. The van der Waals surface area contributed by atoms with Gasteiger partial charge in [0.2, 0.25) is 0 Å². The molecule has 1 aliphatic rings. The number of benzene rings is 1. The normalized spacial score (nSPS) is 17.6. The molecule has 21 heavy (non-hydrogen) atoms.